The Bertz CT molecular complexity index is 989. The smallest absolute Gasteiger partial charge is 0.230 e. The molecular weight excluding hydrogens is 416 g/mol. The van der Waals surface area contributed by atoms with Crippen molar-refractivity contribution >= 4 is 28.8 Å². The first-order valence-corrected chi connectivity index (χ1v) is 12.1. The van der Waals surface area contributed by atoms with Crippen LogP contribution in [0.3, 0.4) is 0 Å². The molecule has 1 aromatic heterocycles. The van der Waals surface area contributed by atoms with E-state index in [0.717, 1.165) is 80.1 Å². The average Bonchev–Trinajstić information content (AvgIpc) is 3.25. The number of nitrogens with zero attached hydrogens (tertiary/aromatic N) is 3. The first-order chi connectivity index (χ1) is 16.2. The standard InChI is InChI=1S/C26H34N4O3/c1-32-17-21-6-4-14-29(21)20-9-12-23-24(15-20)30(16-19-5-3-13-27-25(19)28-23)26(31)18-7-10-22(33-2)11-8-18/h3,5,9,12-13,15,18,21-22H,4,6-8,10-11,14,16-17H2,1-2H3,(H,27,28)/t18-,21-,22-/m1/s1. The molecule has 5 rings (SSSR count). The van der Waals surface area contributed by atoms with Gasteiger partial charge in [0.2, 0.25) is 5.91 Å². The van der Waals surface area contributed by atoms with Gasteiger partial charge in [-0.15, -0.1) is 0 Å². The summed E-state index contributed by atoms with van der Waals surface area (Å²) in [6.45, 7) is 2.25. The van der Waals surface area contributed by atoms with Crippen LogP contribution in [0, 0.1) is 5.92 Å². The highest BCUT2D eigenvalue weighted by molar-refractivity contribution is 6.00. The van der Waals surface area contributed by atoms with Crippen molar-refractivity contribution < 1.29 is 14.3 Å². The van der Waals surface area contributed by atoms with Crippen LogP contribution in [0.2, 0.25) is 0 Å². The van der Waals surface area contributed by atoms with E-state index in [1.165, 1.54) is 0 Å². The number of anilines is 4. The number of benzene rings is 1. The second kappa shape index (κ2) is 9.69. The van der Waals surface area contributed by atoms with Crippen molar-refractivity contribution in [2.75, 3.05) is 42.5 Å². The van der Waals surface area contributed by atoms with Crippen LogP contribution < -0.4 is 15.1 Å². The van der Waals surface area contributed by atoms with E-state index in [2.05, 4.69) is 39.5 Å². The van der Waals surface area contributed by atoms with E-state index < -0.39 is 0 Å². The Morgan fingerprint density at radius 2 is 2.00 bits per heavy atom. The van der Waals surface area contributed by atoms with E-state index in [1.807, 2.05) is 11.0 Å². The number of rotatable bonds is 5. The normalized spacial score (nSPS) is 24.6. The van der Waals surface area contributed by atoms with Crippen molar-refractivity contribution in [1.82, 2.24) is 4.98 Å². The predicted octanol–water partition coefficient (Wildman–Crippen LogP) is 4.49. The Kier molecular flexibility index (Phi) is 6.51. The second-order valence-electron chi connectivity index (χ2n) is 9.42. The molecule has 0 bridgehead atoms. The summed E-state index contributed by atoms with van der Waals surface area (Å²) >= 11 is 0. The molecule has 1 saturated carbocycles. The number of pyridine rings is 1. The molecule has 1 aliphatic carbocycles. The van der Waals surface area contributed by atoms with Crippen molar-refractivity contribution in [2.45, 2.75) is 57.2 Å². The highest BCUT2D eigenvalue weighted by atomic mass is 16.5. The van der Waals surface area contributed by atoms with Crippen LogP contribution in [0.1, 0.15) is 44.1 Å². The summed E-state index contributed by atoms with van der Waals surface area (Å²) in [6.07, 6.45) is 7.98. The number of ether oxygens (including phenoxy) is 2. The third kappa shape index (κ3) is 4.44. The quantitative estimate of drug-likeness (QED) is 0.724. The molecule has 33 heavy (non-hydrogen) atoms. The van der Waals surface area contributed by atoms with Crippen LogP contribution in [-0.4, -0.2) is 50.4 Å². The minimum absolute atomic E-state index is 0.0270. The molecule has 3 aliphatic rings. The molecule has 1 amide bonds. The van der Waals surface area contributed by atoms with Gasteiger partial charge in [0.1, 0.15) is 5.82 Å². The van der Waals surface area contributed by atoms with E-state index in [4.69, 9.17) is 9.47 Å². The number of aromatic nitrogens is 1. The summed E-state index contributed by atoms with van der Waals surface area (Å²) in [5.41, 5.74) is 4.05. The van der Waals surface area contributed by atoms with E-state index in [1.54, 1.807) is 20.4 Å². The highest BCUT2D eigenvalue weighted by Crippen LogP contribution is 2.40. The van der Waals surface area contributed by atoms with Crippen LogP contribution in [0.4, 0.5) is 22.9 Å². The lowest BCUT2D eigenvalue weighted by molar-refractivity contribution is -0.124. The van der Waals surface area contributed by atoms with Crippen LogP contribution in [-0.2, 0) is 20.8 Å². The molecule has 3 heterocycles. The maximum absolute atomic E-state index is 13.9. The SMILES string of the molecule is COC[C@H]1CCCN1c1ccc2c(c1)N(C(=O)[C@H]1CC[C@H](OC)CC1)Cc1cccnc1N2. The molecule has 7 heteroatoms. The zero-order valence-corrected chi connectivity index (χ0v) is 19.6. The second-order valence-corrected chi connectivity index (χ2v) is 9.42. The molecule has 1 saturated heterocycles. The molecule has 0 radical (unpaired) electrons. The van der Waals surface area contributed by atoms with Gasteiger partial charge in [-0.25, -0.2) is 4.98 Å². The van der Waals surface area contributed by atoms with Gasteiger partial charge in [0.25, 0.3) is 0 Å². The summed E-state index contributed by atoms with van der Waals surface area (Å²) in [7, 11) is 3.53. The molecule has 176 valence electrons. The molecule has 1 aromatic carbocycles. The summed E-state index contributed by atoms with van der Waals surface area (Å²) in [5.74, 6) is 1.05. The van der Waals surface area contributed by atoms with Gasteiger partial charge in [-0.05, 0) is 62.8 Å². The fourth-order valence-corrected chi connectivity index (χ4v) is 5.59. The third-order valence-corrected chi connectivity index (χ3v) is 7.44. The first-order valence-electron chi connectivity index (χ1n) is 12.1. The maximum atomic E-state index is 13.9. The lowest BCUT2D eigenvalue weighted by Gasteiger charge is -2.33. The van der Waals surface area contributed by atoms with Crippen molar-refractivity contribution in [2.24, 2.45) is 5.92 Å². The minimum Gasteiger partial charge on any atom is -0.383 e. The van der Waals surface area contributed by atoms with Gasteiger partial charge in [0, 0.05) is 44.1 Å². The van der Waals surface area contributed by atoms with Gasteiger partial charge in [-0.3, -0.25) is 4.79 Å². The molecule has 1 N–H and O–H groups in total. The fourth-order valence-electron chi connectivity index (χ4n) is 5.59. The third-order valence-electron chi connectivity index (χ3n) is 7.44. The van der Waals surface area contributed by atoms with Crippen molar-refractivity contribution in [1.29, 1.82) is 0 Å². The molecule has 0 spiro atoms. The van der Waals surface area contributed by atoms with Gasteiger partial charge in [0.15, 0.2) is 0 Å². The Morgan fingerprint density at radius 1 is 1.15 bits per heavy atom. The van der Waals surface area contributed by atoms with Gasteiger partial charge in [-0.2, -0.15) is 0 Å². The largest absolute Gasteiger partial charge is 0.383 e. The molecule has 2 fully saturated rings. The van der Waals surface area contributed by atoms with Gasteiger partial charge in [0.05, 0.1) is 36.7 Å². The molecule has 2 aliphatic heterocycles. The zero-order chi connectivity index (χ0) is 22.8. The zero-order valence-electron chi connectivity index (χ0n) is 19.6. The Hall–Kier alpha value is -2.64. The Labute approximate surface area is 196 Å². The topological polar surface area (TPSA) is 66.9 Å². The minimum atomic E-state index is 0.0270. The monoisotopic (exact) mass is 450 g/mol. The molecular formula is C26H34N4O3. The number of hydrogen-bond acceptors (Lipinski definition) is 6. The summed E-state index contributed by atoms with van der Waals surface area (Å²) in [6, 6.07) is 10.8. The van der Waals surface area contributed by atoms with E-state index in [0.29, 0.717) is 12.6 Å². The molecule has 7 nitrogen and oxygen atoms in total. The van der Waals surface area contributed by atoms with Gasteiger partial charge in [-0.1, -0.05) is 6.07 Å². The fraction of sp³-hybridized carbons (Fsp3) is 0.538. The predicted molar refractivity (Wildman–Crippen MR) is 130 cm³/mol. The lowest BCUT2D eigenvalue weighted by atomic mass is 9.86. The Balaban J connectivity index is 1.49. The van der Waals surface area contributed by atoms with Gasteiger partial charge >= 0.3 is 0 Å². The Morgan fingerprint density at radius 3 is 2.79 bits per heavy atom. The van der Waals surface area contributed by atoms with Crippen LogP contribution in [0.5, 0.6) is 0 Å². The maximum Gasteiger partial charge on any atom is 0.230 e. The number of fused-ring (bicyclic) bond motifs is 2. The number of amides is 1. The number of carbonyl (C=O) groups excluding carboxylic acids is 1. The van der Waals surface area contributed by atoms with Crippen molar-refractivity contribution in [3.05, 3.63) is 42.1 Å². The molecule has 1 atom stereocenters. The number of nitrogens with one attached hydrogen (secondary N) is 1. The average molecular weight is 451 g/mol. The highest BCUT2D eigenvalue weighted by Gasteiger charge is 2.34. The summed E-state index contributed by atoms with van der Waals surface area (Å²) in [4.78, 5) is 22.8. The lowest BCUT2D eigenvalue weighted by Crippen LogP contribution is -2.38. The molecule has 2 aromatic rings. The number of methoxy groups -OCH3 is 2. The van der Waals surface area contributed by atoms with Crippen LogP contribution >= 0.6 is 0 Å². The summed E-state index contributed by atoms with van der Waals surface area (Å²) in [5, 5.41) is 3.49. The van der Waals surface area contributed by atoms with E-state index in [9.17, 15) is 4.79 Å². The van der Waals surface area contributed by atoms with E-state index in [-0.39, 0.29) is 17.9 Å². The van der Waals surface area contributed by atoms with E-state index >= 15 is 0 Å². The molecule has 0 unspecified atom stereocenters. The number of hydrogen-bond donors (Lipinski definition) is 1. The van der Waals surface area contributed by atoms with Crippen LogP contribution in [0.25, 0.3) is 0 Å². The summed E-state index contributed by atoms with van der Waals surface area (Å²) < 4.78 is 11.0. The van der Waals surface area contributed by atoms with Crippen molar-refractivity contribution in [3.63, 3.8) is 0 Å². The van der Waals surface area contributed by atoms with Crippen LogP contribution in [0.15, 0.2) is 36.5 Å². The van der Waals surface area contributed by atoms with Crippen molar-refractivity contribution in [3.8, 4) is 0 Å². The first kappa shape index (κ1) is 22.2. The number of carbonyl (C=O) groups is 1. The van der Waals surface area contributed by atoms with Gasteiger partial charge < -0.3 is 24.6 Å².